The van der Waals surface area contributed by atoms with Crippen LogP contribution in [0.25, 0.3) is 56.4 Å². The second kappa shape index (κ2) is 10.1. The summed E-state index contributed by atoms with van der Waals surface area (Å²) in [4.78, 5) is 0. The predicted molar refractivity (Wildman–Crippen MR) is 206 cm³/mol. The quantitative estimate of drug-likeness (QED) is 0.211. The predicted octanol–water partition coefficient (Wildman–Crippen LogP) is 12.5. The summed E-state index contributed by atoms with van der Waals surface area (Å²) in [5.41, 5.74) is 17.4. The lowest BCUT2D eigenvalue weighted by molar-refractivity contribution is 0.496. The van der Waals surface area contributed by atoms with Gasteiger partial charge in [0.15, 0.2) is 0 Å². The molecule has 0 fully saturated rings. The first-order chi connectivity index (χ1) is 23.9. The Hall–Kier alpha value is -5.86. The number of benzene rings is 5. The van der Waals surface area contributed by atoms with Gasteiger partial charge in [-0.2, -0.15) is 0 Å². The van der Waals surface area contributed by atoms with Crippen molar-refractivity contribution < 1.29 is 4.42 Å². The van der Waals surface area contributed by atoms with E-state index in [1.54, 1.807) is 0 Å². The number of nitrogens with one attached hydrogen (secondary N) is 1. The van der Waals surface area contributed by atoms with Gasteiger partial charge in [-0.25, -0.2) is 0 Å². The Bertz CT molecular complexity index is 2600. The molecule has 1 unspecified atom stereocenters. The Morgan fingerprint density at radius 1 is 0.571 bits per heavy atom. The van der Waals surface area contributed by atoms with Crippen LogP contribution in [0.4, 0.5) is 5.69 Å². The molecule has 0 radical (unpaired) electrons. The second-order valence-electron chi connectivity index (χ2n) is 14.6. The highest BCUT2D eigenvalue weighted by atomic mass is 16.3. The molecule has 1 heterocycles. The summed E-state index contributed by atoms with van der Waals surface area (Å²) in [7, 11) is 0. The summed E-state index contributed by atoms with van der Waals surface area (Å²) in [6.45, 7) is 7.03. The van der Waals surface area contributed by atoms with Crippen LogP contribution in [0.5, 0.6) is 0 Å². The molecule has 1 N–H and O–H groups in total. The normalized spacial score (nSPS) is 18.9. The van der Waals surface area contributed by atoms with E-state index in [1.807, 2.05) is 6.07 Å². The summed E-state index contributed by atoms with van der Waals surface area (Å²) in [5.74, 6) is 0. The summed E-state index contributed by atoms with van der Waals surface area (Å²) < 4.78 is 6.34. The summed E-state index contributed by atoms with van der Waals surface area (Å²) in [6.07, 6.45) is 14.4. The molecular weight excluding hydrogens is 595 g/mol. The number of hydrogen-bond acceptors (Lipinski definition) is 2. The van der Waals surface area contributed by atoms with E-state index in [4.69, 9.17) is 4.42 Å². The number of rotatable bonds is 3. The van der Waals surface area contributed by atoms with E-state index < -0.39 is 5.41 Å². The van der Waals surface area contributed by atoms with Crippen LogP contribution < -0.4 is 5.32 Å². The lowest BCUT2D eigenvalue weighted by Crippen LogP contribution is -2.36. The third-order valence-electron chi connectivity index (χ3n) is 10.8. The van der Waals surface area contributed by atoms with Crippen molar-refractivity contribution in [3.05, 3.63) is 184 Å². The van der Waals surface area contributed by atoms with Gasteiger partial charge in [-0.3, -0.25) is 0 Å². The SMILES string of the molecule is CC(C)(C)C1=C(Nc2ccccc2-c2cccc3oc4ccccc4c23)C2(C=CC=C3C2=Cc2ccccc23)C2=Cc3ccccc3C2=C1. The smallest absolute Gasteiger partial charge is 0.136 e. The van der Waals surface area contributed by atoms with E-state index in [0.29, 0.717) is 0 Å². The van der Waals surface area contributed by atoms with E-state index in [1.165, 1.54) is 55.8 Å². The average molecular weight is 630 g/mol. The number of fused-ring (bicyclic) bond motifs is 11. The molecule has 0 amide bonds. The molecule has 2 nitrogen and oxygen atoms in total. The van der Waals surface area contributed by atoms with Gasteiger partial charge in [-0.15, -0.1) is 0 Å². The Morgan fingerprint density at radius 2 is 1.18 bits per heavy atom. The molecule has 6 aromatic rings. The summed E-state index contributed by atoms with van der Waals surface area (Å²) >= 11 is 0. The number of allylic oxidation sites excluding steroid dienone is 7. The number of para-hydroxylation sites is 2. The molecule has 1 aromatic heterocycles. The largest absolute Gasteiger partial charge is 0.456 e. The van der Waals surface area contributed by atoms with Crippen LogP contribution in [0.3, 0.4) is 0 Å². The Labute approximate surface area is 286 Å². The second-order valence-corrected chi connectivity index (χ2v) is 14.6. The lowest BCUT2D eigenvalue weighted by atomic mass is 9.60. The van der Waals surface area contributed by atoms with E-state index >= 15 is 0 Å². The molecule has 0 bridgehead atoms. The van der Waals surface area contributed by atoms with Crippen molar-refractivity contribution in [1.82, 2.24) is 0 Å². The Morgan fingerprint density at radius 3 is 1.96 bits per heavy atom. The van der Waals surface area contributed by atoms with Crippen LogP contribution in [0.15, 0.2) is 166 Å². The van der Waals surface area contributed by atoms with Crippen molar-refractivity contribution in [2.45, 2.75) is 20.8 Å². The molecule has 0 aliphatic heterocycles. The highest BCUT2D eigenvalue weighted by Gasteiger charge is 2.51. The van der Waals surface area contributed by atoms with Gasteiger partial charge < -0.3 is 9.73 Å². The van der Waals surface area contributed by atoms with Gasteiger partial charge >= 0.3 is 0 Å². The highest BCUT2D eigenvalue weighted by molar-refractivity contribution is 6.14. The molecule has 5 aromatic carbocycles. The molecule has 0 saturated carbocycles. The Kier molecular flexibility index (Phi) is 5.79. The zero-order valence-corrected chi connectivity index (χ0v) is 27.8. The van der Waals surface area contributed by atoms with E-state index in [2.05, 4.69) is 172 Å². The van der Waals surface area contributed by atoms with E-state index in [-0.39, 0.29) is 5.41 Å². The van der Waals surface area contributed by atoms with Gasteiger partial charge in [0.05, 0.1) is 5.41 Å². The number of hydrogen-bond donors (Lipinski definition) is 1. The van der Waals surface area contributed by atoms with Crippen molar-refractivity contribution in [3.8, 4) is 11.1 Å². The van der Waals surface area contributed by atoms with Gasteiger partial charge in [-0.05, 0) is 97.5 Å². The first-order valence-corrected chi connectivity index (χ1v) is 17.2. The number of furan rings is 1. The maximum Gasteiger partial charge on any atom is 0.136 e. The zero-order chi connectivity index (χ0) is 32.9. The molecule has 10 rings (SSSR count). The third kappa shape index (κ3) is 3.95. The van der Waals surface area contributed by atoms with Crippen molar-refractivity contribution in [3.63, 3.8) is 0 Å². The molecule has 2 heteroatoms. The van der Waals surface area contributed by atoms with Gasteiger partial charge in [0.25, 0.3) is 0 Å². The van der Waals surface area contributed by atoms with Crippen molar-refractivity contribution in [2.75, 3.05) is 5.32 Å². The minimum absolute atomic E-state index is 0.151. The standard InChI is InChI=1S/C47H35NO/c1-46(2,3)40-28-37-32-17-7-5-15-30(32)27-39(37)47(25-13-21-33-31-16-6-4-14-29(31)26-38(33)47)45(40)48-41-22-10-8-18-34(41)35-20-12-24-43-44(35)36-19-9-11-23-42(36)49-43/h4-28,48H,1-3H3. The number of anilines is 1. The van der Waals surface area contributed by atoms with E-state index in [9.17, 15) is 0 Å². The zero-order valence-electron chi connectivity index (χ0n) is 27.8. The van der Waals surface area contributed by atoms with Crippen LogP contribution in [-0.2, 0) is 0 Å². The molecule has 1 spiro atoms. The monoisotopic (exact) mass is 629 g/mol. The lowest BCUT2D eigenvalue weighted by Gasteiger charge is -2.45. The summed E-state index contributed by atoms with van der Waals surface area (Å²) in [5, 5.41) is 6.47. The Balaban J connectivity index is 1.25. The fourth-order valence-electron chi connectivity index (χ4n) is 8.59. The summed E-state index contributed by atoms with van der Waals surface area (Å²) in [6, 6.07) is 41.2. The molecule has 234 valence electrons. The maximum atomic E-state index is 6.34. The average Bonchev–Trinajstić information content (AvgIpc) is 3.81. The minimum atomic E-state index is -0.531. The molecule has 0 saturated heterocycles. The van der Waals surface area contributed by atoms with Crippen molar-refractivity contribution in [1.29, 1.82) is 0 Å². The van der Waals surface area contributed by atoms with Crippen molar-refractivity contribution >= 4 is 50.9 Å². The fourth-order valence-corrected chi connectivity index (χ4v) is 8.59. The van der Waals surface area contributed by atoms with Crippen LogP contribution in [0.1, 0.15) is 43.0 Å². The minimum Gasteiger partial charge on any atom is -0.456 e. The first-order valence-electron chi connectivity index (χ1n) is 17.2. The first kappa shape index (κ1) is 28.2. The van der Waals surface area contributed by atoms with Crippen LogP contribution >= 0.6 is 0 Å². The highest BCUT2D eigenvalue weighted by Crippen LogP contribution is 2.63. The van der Waals surface area contributed by atoms with Gasteiger partial charge in [-0.1, -0.05) is 136 Å². The molecule has 49 heavy (non-hydrogen) atoms. The molecular formula is C47H35NO. The van der Waals surface area contributed by atoms with Gasteiger partial charge in [0, 0.05) is 27.7 Å². The fraction of sp³-hybridized carbons (Fsp3) is 0.106. The molecule has 1 atom stereocenters. The molecule has 4 aliphatic rings. The third-order valence-corrected chi connectivity index (χ3v) is 10.8. The van der Waals surface area contributed by atoms with Crippen LogP contribution in [0, 0.1) is 10.8 Å². The molecule has 4 aliphatic carbocycles. The van der Waals surface area contributed by atoms with Gasteiger partial charge in [0.1, 0.15) is 11.2 Å². The van der Waals surface area contributed by atoms with Gasteiger partial charge in [0.2, 0.25) is 0 Å². The van der Waals surface area contributed by atoms with E-state index in [0.717, 1.165) is 38.8 Å². The van der Waals surface area contributed by atoms with Crippen LogP contribution in [-0.4, -0.2) is 0 Å². The topological polar surface area (TPSA) is 25.2 Å². The van der Waals surface area contributed by atoms with Crippen LogP contribution in [0.2, 0.25) is 0 Å². The maximum absolute atomic E-state index is 6.34. The van der Waals surface area contributed by atoms with Crippen molar-refractivity contribution in [2.24, 2.45) is 10.8 Å².